The quantitative estimate of drug-likeness (QED) is 0.714. The van der Waals surface area contributed by atoms with Gasteiger partial charge in [-0.2, -0.15) is 5.26 Å². The minimum atomic E-state index is 0.513. The van der Waals surface area contributed by atoms with Crippen molar-refractivity contribution in [2.24, 2.45) is 5.73 Å². The maximum atomic E-state index is 8.78. The Labute approximate surface area is 72.6 Å². The molecule has 0 fully saturated rings. The van der Waals surface area contributed by atoms with Crippen LogP contribution in [0.15, 0.2) is 18.2 Å². The summed E-state index contributed by atoms with van der Waals surface area (Å²) < 4.78 is 0. The molecule has 2 heteroatoms. The van der Waals surface area contributed by atoms with E-state index in [0.29, 0.717) is 6.54 Å². The van der Waals surface area contributed by atoms with Gasteiger partial charge in [0.2, 0.25) is 0 Å². The monoisotopic (exact) mass is 160 g/mol. The Balaban J connectivity index is 3.24. The lowest BCUT2D eigenvalue weighted by atomic mass is 10.00. The van der Waals surface area contributed by atoms with Crippen LogP contribution in [0.3, 0.4) is 0 Å². The Morgan fingerprint density at radius 3 is 2.75 bits per heavy atom. The van der Waals surface area contributed by atoms with Crippen LogP contribution in [0.25, 0.3) is 0 Å². The van der Waals surface area contributed by atoms with Crippen LogP contribution in [0, 0.1) is 11.3 Å². The first kappa shape index (κ1) is 8.76. The Morgan fingerprint density at radius 1 is 1.50 bits per heavy atom. The normalized spacial score (nSPS) is 9.42. The van der Waals surface area contributed by atoms with Crippen molar-refractivity contribution in [3.8, 4) is 6.07 Å². The Hall–Kier alpha value is -1.33. The molecule has 0 heterocycles. The summed E-state index contributed by atoms with van der Waals surface area (Å²) in [7, 11) is 0. The van der Waals surface area contributed by atoms with Crippen LogP contribution in [-0.2, 0) is 13.0 Å². The molecular weight excluding hydrogens is 148 g/mol. The average molecular weight is 160 g/mol. The van der Waals surface area contributed by atoms with E-state index in [2.05, 4.69) is 6.07 Å². The lowest BCUT2D eigenvalue weighted by Gasteiger charge is -2.05. The first-order valence-electron chi connectivity index (χ1n) is 4.04. The molecule has 0 saturated heterocycles. The van der Waals surface area contributed by atoms with Crippen molar-refractivity contribution in [2.45, 2.75) is 19.9 Å². The molecule has 0 amide bonds. The van der Waals surface area contributed by atoms with Gasteiger partial charge in [0.15, 0.2) is 0 Å². The molecule has 0 spiro atoms. The fourth-order valence-electron chi connectivity index (χ4n) is 1.35. The summed E-state index contributed by atoms with van der Waals surface area (Å²) in [6.07, 6.45) is 0.871. The summed E-state index contributed by atoms with van der Waals surface area (Å²) in [4.78, 5) is 0. The first-order valence-corrected chi connectivity index (χ1v) is 4.04. The van der Waals surface area contributed by atoms with E-state index < -0.39 is 0 Å². The molecule has 0 radical (unpaired) electrons. The van der Waals surface area contributed by atoms with Gasteiger partial charge in [-0.1, -0.05) is 19.1 Å². The average Bonchev–Trinajstić information content (AvgIpc) is 2.16. The molecule has 0 atom stereocenters. The highest BCUT2D eigenvalue weighted by atomic mass is 14.5. The number of nitrogens with zero attached hydrogens (tertiary/aromatic N) is 1. The van der Waals surface area contributed by atoms with Gasteiger partial charge in [-0.25, -0.2) is 0 Å². The van der Waals surface area contributed by atoms with Gasteiger partial charge in [0.1, 0.15) is 0 Å². The van der Waals surface area contributed by atoms with E-state index >= 15 is 0 Å². The van der Waals surface area contributed by atoms with Crippen LogP contribution in [0.4, 0.5) is 0 Å². The highest BCUT2D eigenvalue weighted by Gasteiger charge is 2.03. The largest absolute Gasteiger partial charge is 0.326 e. The van der Waals surface area contributed by atoms with Gasteiger partial charge in [0.05, 0.1) is 11.6 Å². The molecule has 62 valence electrons. The molecule has 1 aromatic carbocycles. The molecule has 2 nitrogen and oxygen atoms in total. The zero-order chi connectivity index (χ0) is 8.97. The molecule has 1 aromatic rings. The molecule has 1 rings (SSSR count). The predicted octanol–water partition coefficient (Wildman–Crippen LogP) is 1.58. The zero-order valence-electron chi connectivity index (χ0n) is 7.17. The minimum Gasteiger partial charge on any atom is -0.326 e. The Kier molecular flexibility index (Phi) is 2.84. The van der Waals surface area contributed by atoms with Crippen molar-refractivity contribution in [2.75, 3.05) is 0 Å². The second kappa shape index (κ2) is 3.89. The SMILES string of the molecule is CCc1c(C#N)cccc1CN. The number of nitriles is 1. The fourth-order valence-corrected chi connectivity index (χ4v) is 1.35. The number of hydrogen-bond acceptors (Lipinski definition) is 2. The number of nitrogens with two attached hydrogens (primary N) is 1. The summed E-state index contributed by atoms with van der Waals surface area (Å²) in [5, 5.41) is 8.78. The highest BCUT2D eigenvalue weighted by Crippen LogP contribution is 2.13. The smallest absolute Gasteiger partial charge is 0.0994 e. The number of benzene rings is 1. The summed E-state index contributed by atoms with van der Waals surface area (Å²) in [6.45, 7) is 2.55. The van der Waals surface area contributed by atoms with Crippen LogP contribution in [0.2, 0.25) is 0 Å². The Bertz CT molecular complexity index is 310. The summed E-state index contributed by atoms with van der Waals surface area (Å²) >= 11 is 0. The lowest BCUT2D eigenvalue weighted by Crippen LogP contribution is -2.02. The third kappa shape index (κ3) is 1.46. The third-order valence-corrected chi connectivity index (χ3v) is 1.97. The summed E-state index contributed by atoms with van der Waals surface area (Å²) in [5.74, 6) is 0. The van der Waals surface area contributed by atoms with Crippen molar-refractivity contribution in [3.63, 3.8) is 0 Å². The van der Waals surface area contributed by atoms with E-state index in [9.17, 15) is 0 Å². The number of rotatable bonds is 2. The van der Waals surface area contributed by atoms with Gasteiger partial charge >= 0.3 is 0 Å². The molecule has 0 unspecified atom stereocenters. The van der Waals surface area contributed by atoms with Crippen molar-refractivity contribution in [1.82, 2.24) is 0 Å². The van der Waals surface area contributed by atoms with E-state index in [4.69, 9.17) is 11.0 Å². The van der Waals surface area contributed by atoms with Crippen molar-refractivity contribution in [1.29, 1.82) is 5.26 Å². The molecule has 0 saturated carbocycles. The minimum absolute atomic E-state index is 0.513. The van der Waals surface area contributed by atoms with Crippen LogP contribution >= 0.6 is 0 Å². The van der Waals surface area contributed by atoms with Gasteiger partial charge in [0, 0.05) is 6.54 Å². The van der Waals surface area contributed by atoms with E-state index in [-0.39, 0.29) is 0 Å². The molecule has 2 N–H and O–H groups in total. The van der Waals surface area contributed by atoms with Crippen LogP contribution in [0.5, 0.6) is 0 Å². The topological polar surface area (TPSA) is 49.8 Å². The molecule has 0 aliphatic rings. The van der Waals surface area contributed by atoms with E-state index in [1.807, 2.05) is 25.1 Å². The zero-order valence-corrected chi connectivity index (χ0v) is 7.17. The van der Waals surface area contributed by atoms with Crippen LogP contribution < -0.4 is 5.73 Å². The van der Waals surface area contributed by atoms with Crippen LogP contribution in [-0.4, -0.2) is 0 Å². The first-order chi connectivity index (χ1) is 5.83. The molecule has 0 bridgehead atoms. The third-order valence-electron chi connectivity index (χ3n) is 1.97. The van der Waals surface area contributed by atoms with E-state index in [1.54, 1.807) is 0 Å². The second-order valence-corrected chi connectivity index (χ2v) is 2.61. The molecule has 0 aromatic heterocycles. The lowest BCUT2D eigenvalue weighted by molar-refractivity contribution is 0.998. The van der Waals surface area contributed by atoms with Gasteiger partial charge in [-0.3, -0.25) is 0 Å². The Morgan fingerprint density at radius 2 is 2.25 bits per heavy atom. The van der Waals surface area contributed by atoms with E-state index in [0.717, 1.165) is 23.1 Å². The fraction of sp³-hybridized carbons (Fsp3) is 0.300. The summed E-state index contributed by atoms with van der Waals surface area (Å²) in [6, 6.07) is 7.84. The molecule has 12 heavy (non-hydrogen) atoms. The molecule has 0 aliphatic carbocycles. The van der Waals surface area contributed by atoms with Gasteiger partial charge in [0.25, 0.3) is 0 Å². The van der Waals surface area contributed by atoms with E-state index in [1.165, 1.54) is 0 Å². The summed E-state index contributed by atoms with van der Waals surface area (Å²) in [5.41, 5.74) is 8.46. The number of hydrogen-bond donors (Lipinski definition) is 1. The maximum absolute atomic E-state index is 8.78. The standard InChI is InChI=1S/C10H12N2/c1-2-10-8(6-11)4-3-5-9(10)7-12/h3-5H,2,6,11H2,1H3. The highest BCUT2D eigenvalue weighted by molar-refractivity contribution is 5.42. The van der Waals surface area contributed by atoms with Crippen molar-refractivity contribution < 1.29 is 0 Å². The van der Waals surface area contributed by atoms with Gasteiger partial charge in [-0.05, 0) is 23.6 Å². The van der Waals surface area contributed by atoms with Crippen molar-refractivity contribution in [3.05, 3.63) is 34.9 Å². The van der Waals surface area contributed by atoms with Crippen LogP contribution in [0.1, 0.15) is 23.6 Å². The molecule has 0 aliphatic heterocycles. The van der Waals surface area contributed by atoms with Gasteiger partial charge < -0.3 is 5.73 Å². The predicted molar refractivity (Wildman–Crippen MR) is 48.4 cm³/mol. The second-order valence-electron chi connectivity index (χ2n) is 2.61. The van der Waals surface area contributed by atoms with Gasteiger partial charge in [-0.15, -0.1) is 0 Å². The maximum Gasteiger partial charge on any atom is 0.0994 e. The van der Waals surface area contributed by atoms with Crippen molar-refractivity contribution >= 4 is 0 Å². The molecular formula is C10H12N2.